The van der Waals surface area contributed by atoms with Gasteiger partial charge in [0.1, 0.15) is 5.75 Å². The molecule has 1 heterocycles. The van der Waals surface area contributed by atoms with Crippen molar-refractivity contribution < 1.29 is 4.74 Å². The Morgan fingerprint density at radius 1 is 1.37 bits per heavy atom. The first kappa shape index (κ1) is 14.9. The highest BCUT2D eigenvalue weighted by Crippen LogP contribution is 2.35. The van der Waals surface area contributed by atoms with Gasteiger partial charge in [0.2, 0.25) is 0 Å². The lowest BCUT2D eigenvalue weighted by Gasteiger charge is -2.26. The molecule has 0 aromatic carbocycles. The third kappa shape index (κ3) is 4.50. The highest BCUT2D eigenvalue weighted by Gasteiger charge is 2.21. The van der Waals surface area contributed by atoms with Crippen LogP contribution < -0.4 is 10.1 Å². The summed E-state index contributed by atoms with van der Waals surface area (Å²) in [7, 11) is 1.75. The third-order valence-corrected chi connectivity index (χ3v) is 5.13. The highest BCUT2D eigenvalue weighted by atomic mass is 32.1. The quantitative estimate of drug-likeness (QED) is 0.777. The number of hydrogen-bond acceptors (Lipinski definition) is 3. The molecule has 1 aliphatic carbocycles. The van der Waals surface area contributed by atoms with E-state index in [9.17, 15) is 0 Å². The molecule has 1 aliphatic rings. The van der Waals surface area contributed by atoms with Gasteiger partial charge in [-0.15, -0.1) is 11.3 Å². The molecule has 1 aromatic rings. The molecular formula is C16H27NOS. The van der Waals surface area contributed by atoms with Gasteiger partial charge in [0.25, 0.3) is 0 Å². The van der Waals surface area contributed by atoms with E-state index in [2.05, 4.69) is 23.7 Å². The fraction of sp³-hybridized carbons (Fsp3) is 0.750. The van der Waals surface area contributed by atoms with E-state index in [0.717, 1.165) is 18.2 Å². The van der Waals surface area contributed by atoms with E-state index in [-0.39, 0.29) is 0 Å². The van der Waals surface area contributed by atoms with E-state index >= 15 is 0 Å². The summed E-state index contributed by atoms with van der Waals surface area (Å²) in [5, 5.41) is 5.85. The van der Waals surface area contributed by atoms with Gasteiger partial charge >= 0.3 is 0 Å². The minimum Gasteiger partial charge on any atom is -0.496 e. The largest absolute Gasteiger partial charge is 0.496 e. The van der Waals surface area contributed by atoms with Crippen molar-refractivity contribution in [1.82, 2.24) is 5.32 Å². The first-order chi connectivity index (χ1) is 9.33. The minimum absolute atomic E-state index is 0.525. The SMILES string of the molecule is CCCNC(CC1CCCCC1)c1cc(OC)cs1. The summed E-state index contributed by atoms with van der Waals surface area (Å²) < 4.78 is 5.32. The number of hydrogen-bond donors (Lipinski definition) is 1. The van der Waals surface area contributed by atoms with Crippen LogP contribution in [0.4, 0.5) is 0 Å². The summed E-state index contributed by atoms with van der Waals surface area (Å²) in [5.41, 5.74) is 0. The maximum absolute atomic E-state index is 5.32. The smallest absolute Gasteiger partial charge is 0.129 e. The van der Waals surface area contributed by atoms with Crippen molar-refractivity contribution in [3.8, 4) is 5.75 Å². The average Bonchev–Trinajstić information content (AvgIpc) is 2.93. The Morgan fingerprint density at radius 2 is 2.16 bits per heavy atom. The van der Waals surface area contributed by atoms with Crippen LogP contribution in [0.5, 0.6) is 5.75 Å². The molecule has 0 saturated heterocycles. The molecule has 0 radical (unpaired) electrons. The van der Waals surface area contributed by atoms with Crippen LogP contribution in [-0.2, 0) is 0 Å². The van der Waals surface area contributed by atoms with Gasteiger partial charge in [0.05, 0.1) is 7.11 Å². The Hall–Kier alpha value is -0.540. The molecule has 0 bridgehead atoms. The Morgan fingerprint density at radius 3 is 2.79 bits per heavy atom. The molecule has 1 fully saturated rings. The van der Waals surface area contributed by atoms with Gasteiger partial charge in [-0.25, -0.2) is 0 Å². The second kappa shape index (κ2) is 7.91. The molecule has 1 saturated carbocycles. The molecule has 1 aromatic heterocycles. The summed E-state index contributed by atoms with van der Waals surface area (Å²) in [6.45, 7) is 3.34. The average molecular weight is 281 g/mol. The van der Waals surface area contributed by atoms with Crippen LogP contribution in [0, 0.1) is 5.92 Å². The molecule has 2 nitrogen and oxygen atoms in total. The molecule has 1 unspecified atom stereocenters. The Labute approximate surface area is 121 Å². The molecule has 0 amide bonds. The maximum Gasteiger partial charge on any atom is 0.129 e. The van der Waals surface area contributed by atoms with Crippen LogP contribution in [0.1, 0.15) is 62.8 Å². The Kier molecular flexibility index (Phi) is 6.18. The normalized spacial score (nSPS) is 18.4. The van der Waals surface area contributed by atoms with Crippen molar-refractivity contribution in [3.05, 3.63) is 16.3 Å². The highest BCUT2D eigenvalue weighted by molar-refractivity contribution is 7.10. The number of methoxy groups -OCH3 is 1. The number of ether oxygens (including phenoxy) is 1. The van der Waals surface area contributed by atoms with Crippen LogP contribution in [0.3, 0.4) is 0 Å². The van der Waals surface area contributed by atoms with Gasteiger partial charge in [-0.05, 0) is 31.4 Å². The van der Waals surface area contributed by atoms with Gasteiger partial charge in [0, 0.05) is 16.3 Å². The van der Waals surface area contributed by atoms with Crippen molar-refractivity contribution in [1.29, 1.82) is 0 Å². The first-order valence-corrected chi connectivity index (χ1v) is 8.57. The standard InChI is InChI=1S/C16H27NOS/c1-3-9-17-15(10-13-7-5-4-6-8-13)16-11-14(18-2)12-19-16/h11-13,15,17H,3-10H2,1-2H3. The van der Waals surface area contributed by atoms with Gasteiger partial charge < -0.3 is 10.1 Å². The van der Waals surface area contributed by atoms with Crippen molar-refractivity contribution in [2.75, 3.05) is 13.7 Å². The van der Waals surface area contributed by atoms with E-state index in [1.54, 1.807) is 7.11 Å². The summed E-state index contributed by atoms with van der Waals surface area (Å²) in [6, 6.07) is 2.73. The number of thiophene rings is 1. The zero-order valence-electron chi connectivity index (χ0n) is 12.3. The molecule has 108 valence electrons. The topological polar surface area (TPSA) is 21.3 Å². The molecule has 3 heteroatoms. The second-order valence-corrected chi connectivity index (χ2v) is 6.58. The second-order valence-electron chi connectivity index (χ2n) is 5.64. The van der Waals surface area contributed by atoms with Crippen molar-refractivity contribution in [3.63, 3.8) is 0 Å². The summed E-state index contributed by atoms with van der Waals surface area (Å²) >= 11 is 1.83. The van der Waals surface area contributed by atoms with Crippen molar-refractivity contribution in [2.24, 2.45) is 5.92 Å². The van der Waals surface area contributed by atoms with E-state index < -0.39 is 0 Å². The van der Waals surface area contributed by atoms with Crippen molar-refractivity contribution >= 4 is 11.3 Å². The molecular weight excluding hydrogens is 254 g/mol. The predicted molar refractivity (Wildman–Crippen MR) is 83.1 cm³/mol. The number of nitrogens with one attached hydrogen (secondary N) is 1. The lowest BCUT2D eigenvalue weighted by atomic mass is 9.84. The van der Waals surface area contributed by atoms with Crippen LogP contribution in [0.15, 0.2) is 11.4 Å². The maximum atomic E-state index is 5.32. The van der Waals surface area contributed by atoms with E-state index in [4.69, 9.17) is 4.74 Å². The fourth-order valence-corrected chi connectivity index (χ4v) is 3.94. The molecule has 2 rings (SSSR count). The van der Waals surface area contributed by atoms with Crippen LogP contribution in [0.2, 0.25) is 0 Å². The van der Waals surface area contributed by atoms with E-state index in [0.29, 0.717) is 6.04 Å². The first-order valence-electron chi connectivity index (χ1n) is 7.69. The molecule has 1 N–H and O–H groups in total. The fourth-order valence-electron chi connectivity index (χ4n) is 3.00. The lowest BCUT2D eigenvalue weighted by Crippen LogP contribution is -2.24. The molecule has 0 aliphatic heterocycles. The van der Waals surface area contributed by atoms with E-state index in [1.807, 2.05) is 11.3 Å². The number of rotatable bonds is 7. The van der Waals surface area contributed by atoms with Crippen molar-refractivity contribution in [2.45, 2.75) is 57.9 Å². The van der Waals surface area contributed by atoms with Crippen LogP contribution in [0.25, 0.3) is 0 Å². The Balaban J connectivity index is 1.97. The van der Waals surface area contributed by atoms with Crippen LogP contribution >= 0.6 is 11.3 Å². The summed E-state index contributed by atoms with van der Waals surface area (Å²) in [5.74, 6) is 1.92. The molecule has 1 atom stereocenters. The van der Waals surface area contributed by atoms with Gasteiger partial charge in [-0.1, -0.05) is 39.0 Å². The lowest BCUT2D eigenvalue weighted by molar-refractivity contribution is 0.301. The zero-order valence-corrected chi connectivity index (χ0v) is 13.1. The van der Waals surface area contributed by atoms with Gasteiger partial charge in [-0.3, -0.25) is 0 Å². The monoisotopic (exact) mass is 281 g/mol. The third-order valence-electron chi connectivity index (χ3n) is 4.11. The van der Waals surface area contributed by atoms with Gasteiger partial charge in [-0.2, -0.15) is 0 Å². The molecule has 0 spiro atoms. The predicted octanol–water partition coefficient (Wildman–Crippen LogP) is 4.77. The zero-order chi connectivity index (χ0) is 13.5. The van der Waals surface area contributed by atoms with Gasteiger partial charge in [0.15, 0.2) is 0 Å². The summed E-state index contributed by atoms with van der Waals surface area (Å²) in [4.78, 5) is 1.44. The Bertz CT molecular complexity index is 357. The summed E-state index contributed by atoms with van der Waals surface area (Å²) in [6.07, 6.45) is 9.64. The van der Waals surface area contributed by atoms with E-state index in [1.165, 1.54) is 49.8 Å². The molecule has 19 heavy (non-hydrogen) atoms. The van der Waals surface area contributed by atoms with Crippen LogP contribution in [-0.4, -0.2) is 13.7 Å². The minimum atomic E-state index is 0.525.